The number of methoxy groups -OCH3 is 2. The van der Waals surface area contributed by atoms with Gasteiger partial charge in [0, 0.05) is 69.2 Å². The molecule has 9 nitrogen and oxygen atoms in total. The first-order chi connectivity index (χ1) is 25.2. The second-order valence-electron chi connectivity index (χ2n) is 16.5. The lowest BCUT2D eigenvalue weighted by molar-refractivity contribution is -0.129. The summed E-state index contributed by atoms with van der Waals surface area (Å²) in [5, 5.41) is 9.93. The molecule has 53 heavy (non-hydrogen) atoms. The van der Waals surface area contributed by atoms with Gasteiger partial charge < -0.3 is 18.9 Å². The first-order valence-corrected chi connectivity index (χ1v) is 19.2. The van der Waals surface area contributed by atoms with Gasteiger partial charge in [-0.3, -0.25) is 19.4 Å². The molecule has 9 heteroatoms. The number of hydrogen-bond acceptors (Lipinski definition) is 7. The van der Waals surface area contributed by atoms with Crippen molar-refractivity contribution in [2.24, 2.45) is 12.5 Å². The van der Waals surface area contributed by atoms with Gasteiger partial charge in [0.25, 0.3) is 11.5 Å². The molecule has 1 spiro atoms. The standard InChI is InChI=1S/C44H57N5O4/c1-10-12-38-35-14-11-13-31(34(35)15-18-49(38)42(51)33(24-45)23-43(4,5)6)25-48-20-19-47(28-44(48)16-17-44)27-37-39(52-8)21-32(22-40(37)53-9)36-26-46(7)41(50)30(3)29(36)2/h11,13-14,21-23,26,38H,10,12,15-20,25,27-28H2,1-9H3/b33-23+/t38-/m0/s1. The molecule has 1 aromatic heterocycles. The molecule has 0 N–H and O–H groups in total. The third kappa shape index (κ3) is 7.67. The first kappa shape index (κ1) is 38.3. The summed E-state index contributed by atoms with van der Waals surface area (Å²) in [7, 11) is 5.22. The van der Waals surface area contributed by atoms with E-state index in [1.54, 1.807) is 25.8 Å². The molecule has 2 aromatic carbocycles. The molecular weight excluding hydrogens is 663 g/mol. The molecule has 1 aliphatic carbocycles. The molecule has 0 unspecified atom stereocenters. The molecule has 2 aliphatic heterocycles. The molecule has 3 heterocycles. The third-order valence-corrected chi connectivity index (χ3v) is 11.7. The number of carbonyl (C=O) groups excluding carboxylic acids is 1. The highest BCUT2D eigenvalue weighted by atomic mass is 16.5. The SMILES string of the molecule is CCC[C@H]1c2cccc(CN3CCN(Cc4c(OC)cc(-c5cn(C)c(=O)c(C)c5C)cc4OC)CC34CC4)c2CCN1C(=O)/C(C#N)=C/C(C)(C)C. The Morgan fingerprint density at radius 2 is 1.74 bits per heavy atom. The second kappa shape index (κ2) is 15.2. The number of allylic oxidation sites excluding steroid dienone is 1. The number of rotatable bonds is 10. The molecule has 2 fully saturated rings. The van der Waals surface area contributed by atoms with Gasteiger partial charge in [0.15, 0.2) is 0 Å². The number of aryl methyl sites for hydroxylation is 1. The average molecular weight is 720 g/mol. The summed E-state index contributed by atoms with van der Waals surface area (Å²) in [6.07, 6.45) is 8.69. The number of pyridine rings is 1. The van der Waals surface area contributed by atoms with Crippen molar-refractivity contribution in [2.45, 2.75) is 98.3 Å². The number of piperazine rings is 1. The Balaban J connectivity index is 1.21. The summed E-state index contributed by atoms with van der Waals surface area (Å²) in [6.45, 7) is 17.2. The highest BCUT2D eigenvalue weighted by Gasteiger charge is 2.51. The maximum Gasteiger partial charge on any atom is 0.264 e. The number of carbonyl (C=O) groups is 1. The van der Waals surface area contributed by atoms with E-state index in [9.17, 15) is 14.9 Å². The maximum absolute atomic E-state index is 13.8. The van der Waals surface area contributed by atoms with Gasteiger partial charge in [-0.1, -0.05) is 58.4 Å². The molecule has 1 amide bonds. The molecule has 1 atom stereocenters. The van der Waals surface area contributed by atoms with Crippen LogP contribution >= 0.6 is 0 Å². The van der Waals surface area contributed by atoms with E-state index < -0.39 is 0 Å². The number of fused-ring (bicyclic) bond motifs is 1. The largest absolute Gasteiger partial charge is 0.496 e. The van der Waals surface area contributed by atoms with Gasteiger partial charge in [0.1, 0.15) is 23.1 Å². The molecule has 282 valence electrons. The number of benzene rings is 2. The normalized spacial score (nSPS) is 18.8. The number of ether oxygens (including phenoxy) is 2. The van der Waals surface area contributed by atoms with E-state index in [1.165, 1.54) is 29.5 Å². The minimum atomic E-state index is -0.253. The lowest BCUT2D eigenvalue weighted by Gasteiger charge is -2.43. The van der Waals surface area contributed by atoms with E-state index in [0.29, 0.717) is 6.54 Å². The highest BCUT2D eigenvalue weighted by molar-refractivity contribution is 5.97. The van der Waals surface area contributed by atoms with Gasteiger partial charge >= 0.3 is 0 Å². The van der Waals surface area contributed by atoms with E-state index in [1.807, 2.05) is 51.8 Å². The van der Waals surface area contributed by atoms with Crippen LogP contribution in [0, 0.1) is 30.6 Å². The van der Waals surface area contributed by atoms with Crippen LogP contribution in [0.1, 0.15) is 92.8 Å². The first-order valence-electron chi connectivity index (χ1n) is 19.2. The van der Waals surface area contributed by atoms with Crippen molar-refractivity contribution < 1.29 is 14.3 Å². The van der Waals surface area contributed by atoms with E-state index in [0.717, 1.165) is 91.3 Å². The van der Waals surface area contributed by atoms with E-state index in [2.05, 4.69) is 53.1 Å². The van der Waals surface area contributed by atoms with Gasteiger partial charge in [0.05, 0.1) is 25.8 Å². The summed E-state index contributed by atoms with van der Waals surface area (Å²) in [5.41, 5.74) is 8.84. The summed E-state index contributed by atoms with van der Waals surface area (Å²) < 4.78 is 13.6. The number of hydrogen-bond donors (Lipinski definition) is 0. The maximum atomic E-state index is 13.8. The molecular formula is C44H57N5O4. The Morgan fingerprint density at radius 1 is 1.04 bits per heavy atom. The minimum absolute atomic E-state index is 0.0146. The Labute approximate surface area is 315 Å². The van der Waals surface area contributed by atoms with Crippen LogP contribution in [0.25, 0.3) is 11.1 Å². The van der Waals surface area contributed by atoms with Gasteiger partial charge in [-0.05, 0) is 84.9 Å². The fourth-order valence-electron chi connectivity index (χ4n) is 8.62. The van der Waals surface area contributed by atoms with Crippen LogP contribution in [0.4, 0.5) is 0 Å². The number of amides is 1. The van der Waals surface area contributed by atoms with Crippen molar-refractivity contribution in [3.8, 4) is 28.7 Å². The van der Waals surface area contributed by atoms with Crippen LogP contribution in [-0.4, -0.2) is 71.1 Å². The van der Waals surface area contributed by atoms with Crippen molar-refractivity contribution >= 4 is 5.91 Å². The van der Waals surface area contributed by atoms with E-state index >= 15 is 0 Å². The molecule has 3 aromatic rings. The monoisotopic (exact) mass is 719 g/mol. The zero-order chi connectivity index (χ0) is 38.2. The zero-order valence-electron chi connectivity index (χ0n) is 33.3. The van der Waals surface area contributed by atoms with Crippen LogP contribution in [0.2, 0.25) is 0 Å². The fourth-order valence-corrected chi connectivity index (χ4v) is 8.62. The van der Waals surface area contributed by atoms with Crippen LogP contribution < -0.4 is 15.0 Å². The van der Waals surface area contributed by atoms with Gasteiger partial charge in [0.2, 0.25) is 0 Å². The van der Waals surface area contributed by atoms with Crippen LogP contribution in [-0.2, 0) is 31.4 Å². The molecule has 1 saturated heterocycles. The Morgan fingerprint density at radius 3 is 2.34 bits per heavy atom. The lowest BCUT2D eigenvalue weighted by Crippen LogP contribution is -2.54. The molecule has 0 bridgehead atoms. The summed E-state index contributed by atoms with van der Waals surface area (Å²) >= 11 is 0. The molecule has 6 rings (SSSR count). The van der Waals surface area contributed by atoms with E-state index in [4.69, 9.17) is 9.47 Å². The predicted octanol–water partition coefficient (Wildman–Crippen LogP) is 7.26. The quantitative estimate of drug-likeness (QED) is 0.161. The topological polar surface area (TPSA) is 91.0 Å². The van der Waals surface area contributed by atoms with Crippen LogP contribution in [0.5, 0.6) is 11.5 Å². The third-order valence-electron chi connectivity index (χ3n) is 11.7. The van der Waals surface area contributed by atoms with E-state index in [-0.39, 0.29) is 34.0 Å². The fraction of sp³-hybridized carbons (Fsp3) is 0.523. The zero-order valence-corrected chi connectivity index (χ0v) is 33.3. The lowest BCUT2D eigenvalue weighted by atomic mass is 9.85. The van der Waals surface area contributed by atoms with Crippen molar-refractivity contribution in [1.82, 2.24) is 19.3 Å². The Bertz CT molecular complexity index is 1990. The molecule has 1 saturated carbocycles. The van der Waals surface area contributed by atoms with Crippen LogP contribution in [0.3, 0.4) is 0 Å². The Kier molecular flexibility index (Phi) is 11.0. The number of nitriles is 1. The Hall–Kier alpha value is -4.39. The summed E-state index contributed by atoms with van der Waals surface area (Å²) in [4.78, 5) is 33.5. The van der Waals surface area contributed by atoms with Gasteiger partial charge in [-0.15, -0.1) is 0 Å². The number of nitrogens with zero attached hydrogens (tertiary/aromatic N) is 5. The number of aromatic nitrogens is 1. The molecule has 0 radical (unpaired) electrons. The van der Waals surface area contributed by atoms with Crippen molar-refractivity contribution in [3.63, 3.8) is 0 Å². The molecule has 3 aliphatic rings. The smallest absolute Gasteiger partial charge is 0.264 e. The predicted molar refractivity (Wildman–Crippen MR) is 210 cm³/mol. The minimum Gasteiger partial charge on any atom is -0.496 e. The van der Waals surface area contributed by atoms with Crippen molar-refractivity contribution in [1.29, 1.82) is 5.26 Å². The van der Waals surface area contributed by atoms with Crippen LogP contribution in [0.15, 0.2) is 53.0 Å². The highest BCUT2D eigenvalue weighted by Crippen LogP contribution is 2.47. The average Bonchev–Trinajstić information content (AvgIpc) is 3.91. The second-order valence-corrected chi connectivity index (χ2v) is 16.5. The van der Waals surface area contributed by atoms with Crippen molar-refractivity contribution in [3.05, 3.63) is 91.9 Å². The summed E-state index contributed by atoms with van der Waals surface area (Å²) in [5.74, 6) is 1.43. The summed E-state index contributed by atoms with van der Waals surface area (Å²) in [6, 6.07) is 13.0. The van der Waals surface area contributed by atoms with Gasteiger partial charge in [-0.25, -0.2) is 0 Å². The van der Waals surface area contributed by atoms with Gasteiger partial charge in [-0.2, -0.15) is 5.26 Å². The van der Waals surface area contributed by atoms with Crippen molar-refractivity contribution in [2.75, 3.05) is 40.4 Å².